The van der Waals surface area contributed by atoms with Gasteiger partial charge in [-0.15, -0.1) is 0 Å². The van der Waals surface area contributed by atoms with Gasteiger partial charge in [0, 0.05) is 18.8 Å². The summed E-state index contributed by atoms with van der Waals surface area (Å²) in [6.07, 6.45) is -1.16. The highest BCUT2D eigenvalue weighted by molar-refractivity contribution is 5.89. The van der Waals surface area contributed by atoms with Gasteiger partial charge in [0.2, 0.25) is 0 Å². The number of benzene rings is 1. The van der Waals surface area contributed by atoms with E-state index in [1.54, 1.807) is 0 Å². The Hall–Kier alpha value is -2.20. The van der Waals surface area contributed by atoms with Crippen molar-refractivity contribution < 1.29 is 42.9 Å². The number of nitrogens with zero attached hydrogens (tertiary/aromatic N) is 1. The number of halogens is 4. The van der Waals surface area contributed by atoms with Crippen LogP contribution in [0.1, 0.15) is 75.3 Å². The second-order valence-corrected chi connectivity index (χ2v) is 9.10. The zero-order chi connectivity index (χ0) is 25.3. The summed E-state index contributed by atoms with van der Waals surface area (Å²) in [5, 5.41) is 42.1. The van der Waals surface area contributed by atoms with E-state index in [2.05, 4.69) is 5.16 Å². The van der Waals surface area contributed by atoms with Crippen molar-refractivity contribution in [1.29, 1.82) is 0 Å². The minimum absolute atomic E-state index is 0.0794. The molecule has 1 aliphatic rings. The first-order chi connectivity index (χ1) is 16.0. The molecule has 0 saturated heterocycles. The third-order valence-corrected chi connectivity index (χ3v) is 6.53. The number of carbonyl (C=O) groups is 1. The van der Waals surface area contributed by atoms with Gasteiger partial charge in [0.1, 0.15) is 5.82 Å². The lowest BCUT2D eigenvalue weighted by atomic mass is 9.84. The van der Waals surface area contributed by atoms with Gasteiger partial charge in [-0.2, -0.15) is 13.2 Å². The molecule has 10 heteroatoms. The van der Waals surface area contributed by atoms with Crippen LogP contribution in [0.3, 0.4) is 0 Å². The van der Waals surface area contributed by atoms with Crippen molar-refractivity contribution in [1.82, 2.24) is 0 Å². The number of rotatable bonds is 13. The molecule has 4 atom stereocenters. The van der Waals surface area contributed by atoms with Crippen molar-refractivity contribution in [3.63, 3.8) is 0 Å². The molecule has 34 heavy (non-hydrogen) atoms. The average Bonchev–Trinajstić information content (AvgIpc) is 3.06. The van der Waals surface area contributed by atoms with Crippen LogP contribution < -0.4 is 0 Å². The fourth-order valence-corrected chi connectivity index (χ4v) is 4.74. The number of aliphatic hydroxyl groups is 2. The van der Waals surface area contributed by atoms with Crippen LogP contribution in [-0.4, -0.2) is 44.4 Å². The Kier molecular flexibility index (Phi) is 10.8. The first-order valence-corrected chi connectivity index (χ1v) is 11.7. The van der Waals surface area contributed by atoms with E-state index in [0.717, 1.165) is 31.4 Å². The maximum Gasteiger partial charge on any atom is 0.416 e. The Bertz CT molecular complexity index is 830. The van der Waals surface area contributed by atoms with E-state index in [0.29, 0.717) is 37.5 Å². The summed E-state index contributed by atoms with van der Waals surface area (Å²) in [5.41, 5.74) is -0.442. The van der Waals surface area contributed by atoms with Gasteiger partial charge in [0.05, 0.1) is 23.5 Å². The number of aliphatic carboxylic acids is 1. The van der Waals surface area contributed by atoms with Crippen molar-refractivity contribution >= 4 is 11.7 Å². The molecular formula is C24H33F4NO5. The normalized spacial score (nSPS) is 22.9. The summed E-state index contributed by atoms with van der Waals surface area (Å²) < 4.78 is 52.2. The quantitative estimate of drug-likeness (QED) is 0.132. The third kappa shape index (κ3) is 8.87. The molecule has 0 aromatic heterocycles. The summed E-state index contributed by atoms with van der Waals surface area (Å²) in [4.78, 5) is 10.6. The zero-order valence-corrected chi connectivity index (χ0v) is 19.0. The summed E-state index contributed by atoms with van der Waals surface area (Å²) >= 11 is 0. The molecule has 0 aliphatic heterocycles. The van der Waals surface area contributed by atoms with Crippen LogP contribution in [0.25, 0.3) is 0 Å². The van der Waals surface area contributed by atoms with Gasteiger partial charge < -0.3 is 20.5 Å². The molecule has 1 fully saturated rings. The largest absolute Gasteiger partial charge is 0.481 e. The first kappa shape index (κ1) is 28.0. The van der Waals surface area contributed by atoms with Gasteiger partial charge in [-0.25, -0.2) is 4.39 Å². The maximum absolute atomic E-state index is 13.6. The molecule has 1 aliphatic carbocycles. The molecule has 4 N–H and O–H groups in total. The predicted octanol–water partition coefficient (Wildman–Crippen LogP) is 5.17. The number of hydrogen-bond acceptors (Lipinski definition) is 5. The second kappa shape index (κ2) is 13.0. The van der Waals surface area contributed by atoms with E-state index in [1.807, 2.05) is 0 Å². The van der Waals surface area contributed by atoms with Crippen LogP contribution in [0.4, 0.5) is 17.6 Å². The summed E-state index contributed by atoms with van der Waals surface area (Å²) in [6, 6.07) is 2.35. The third-order valence-electron chi connectivity index (χ3n) is 6.53. The number of hydrogen-bond donors (Lipinski definition) is 4. The van der Waals surface area contributed by atoms with Gasteiger partial charge in [0.15, 0.2) is 0 Å². The number of carboxylic acids is 1. The summed E-state index contributed by atoms with van der Waals surface area (Å²) in [6.45, 7) is 0. The number of unbranched alkanes of at least 4 members (excludes halogenated alkanes) is 3. The Morgan fingerprint density at radius 3 is 2.44 bits per heavy atom. The van der Waals surface area contributed by atoms with Crippen molar-refractivity contribution in [3.05, 3.63) is 35.1 Å². The van der Waals surface area contributed by atoms with Gasteiger partial charge in [-0.05, 0) is 68.2 Å². The fourth-order valence-electron chi connectivity index (χ4n) is 4.74. The Morgan fingerprint density at radius 2 is 1.79 bits per heavy atom. The molecule has 1 aromatic carbocycles. The van der Waals surface area contributed by atoms with E-state index in [9.17, 15) is 37.8 Å². The molecular weight excluding hydrogens is 458 g/mol. The van der Waals surface area contributed by atoms with Gasteiger partial charge in [-0.1, -0.05) is 24.4 Å². The van der Waals surface area contributed by atoms with Crippen LogP contribution >= 0.6 is 0 Å². The van der Waals surface area contributed by atoms with Crippen molar-refractivity contribution in [3.8, 4) is 0 Å². The molecule has 0 heterocycles. The molecule has 0 bridgehead atoms. The van der Waals surface area contributed by atoms with Crippen LogP contribution in [0, 0.1) is 17.7 Å². The van der Waals surface area contributed by atoms with Gasteiger partial charge in [-0.3, -0.25) is 4.79 Å². The van der Waals surface area contributed by atoms with Crippen LogP contribution in [0.2, 0.25) is 0 Å². The van der Waals surface area contributed by atoms with E-state index in [4.69, 9.17) is 5.11 Å². The highest BCUT2D eigenvalue weighted by Gasteiger charge is 2.39. The number of oxime groups is 1. The van der Waals surface area contributed by atoms with E-state index < -0.39 is 35.7 Å². The lowest BCUT2D eigenvalue weighted by Gasteiger charge is -2.23. The minimum atomic E-state index is -4.65. The smallest absolute Gasteiger partial charge is 0.416 e. The highest BCUT2D eigenvalue weighted by Crippen LogP contribution is 2.37. The minimum Gasteiger partial charge on any atom is -0.481 e. The molecule has 2 rings (SSSR count). The fraction of sp³-hybridized carbons (Fsp3) is 0.667. The predicted molar refractivity (Wildman–Crippen MR) is 117 cm³/mol. The van der Waals surface area contributed by atoms with Crippen LogP contribution in [0.15, 0.2) is 23.4 Å². The van der Waals surface area contributed by atoms with Crippen molar-refractivity contribution in [2.24, 2.45) is 17.0 Å². The van der Waals surface area contributed by atoms with Crippen molar-refractivity contribution in [2.45, 2.75) is 89.0 Å². The molecule has 0 amide bonds. The molecule has 0 spiro atoms. The maximum atomic E-state index is 13.6. The van der Waals surface area contributed by atoms with Crippen LogP contribution in [0.5, 0.6) is 0 Å². The second-order valence-electron chi connectivity index (χ2n) is 9.10. The van der Waals surface area contributed by atoms with E-state index >= 15 is 0 Å². The van der Waals surface area contributed by atoms with E-state index in [-0.39, 0.29) is 43.1 Å². The average molecular weight is 492 g/mol. The molecule has 4 unspecified atom stereocenters. The molecule has 1 saturated carbocycles. The zero-order valence-electron chi connectivity index (χ0n) is 19.0. The van der Waals surface area contributed by atoms with Crippen molar-refractivity contribution in [2.75, 3.05) is 0 Å². The molecule has 0 radical (unpaired) electrons. The lowest BCUT2D eigenvalue weighted by molar-refractivity contribution is -0.138. The monoisotopic (exact) mass is 491 g/mol. The first-order valence-electron chi connectivity index (χ1n) is 11.7. The molecule has 1 aromatic rings. The number of aliphatic hydroxyl groups excluding tert-OH is 2. The van der Waals surface area contributed by atoms with Crippen LogP contribution in [-0.2, 0) is 17.4 Å². The number of carboxylic acid groups (broad SMARTS) is 1. The Balaban J connectivity index is 1.85. The van der Waals surface area contributed by atoms with E-state index in [1.165, 1.54) is 0 Å². The van der Waals surface area contributed by atoms with Gasteiger partial charge >= 0.3 is 12.1 Å². The number of aryl methyl sites for hydroxylation is 1. The highest BCUT2D eigenvalue weighted by atomic mass is 19.4. The SMILES string of the molecule is O=C(O)CCCCCCC1C(O)C/C(=N/O)C1CCC(O)CCc1cc(F)cc(C(F)(F)F)c1. The standard InChI is InChI=1S/C24H33F4NO5/c25-17-12-15(11-16(13-17)24(26,27)28)7-8-18(30)9-10-19-20(22(31)14-21(19)29-34)5-3-1-2-4-6-23(32)33/h11-13,18-20,22,30-31,34H,1-10,14H2,(H,32,33)/b29-21-. The Morgan fingerprint density at radius 1 is 1.09 bits per heavy atom. The summed E-state index contributed by atoms with van der Waals surface area (Å²) in [7, 11) is 0. The topological polar surface area (TPSA) is 110 Å². The summed E-state index contributed by atoms with van der Waals surface area (Å²) in [5.74, 6) is -2.17. The lowest BCUT2D eigenvalue weighted by Crippen LogP contribution is -2.22. The molecule has 6 nitrogen and oxygen atoms in total. The number of alkyl halides is 3. The molecule has 192 valence electrons. The Labute approximate surface area is 196 Å². The van der Waals surface area contributed by atoms with Gasteiger partial charge in [0.25, 0.3) is 0 Å².